The second-order valence-electron chi connectivity index (χ2n) is 3.89. The number of nitrogens with zero attached hydrogens (tertiary/aromatic N) is 3. The molecule has 0 unspecified atom stereocenters. The van der Waals surface area contributed by atoms with E-state index in [9.17, 15) is 0 Å². The Bertz CT molecular complexity index is 688. The molecule has 0 saturated carbocycles. The Kier molecular flexibility index (Phi) is 3.15. The Morgan fingerprint density at radius 1 is 1.33 bits per heavy atom. The molecular weight excluding hydrogens is 312 g/mol. The first-order valence-electron chi connectivity index (χ1n) is 5.52. The highest BCUT2D eigenvalue weighted by atomic mass is 79.9. The van der Waals surface area contributed by atoms with E-state index in [-0.39, 0.29) is 0 Å². The number of thiophene rings is 1. The zero-order valence-electron chi connectivity index (χ0n) is 9.72. The predicted molar refractivity (Wildman–Crippen MR) is 76.8 cm³/mol. The standard InChI is InChI=1S/C12H11BrN4S/c1-14-6-8-7-17-12(15-8)5-2-9(16-17)10-3-4-11(13)18-10/h2-5,7,14H,6H2,1H3. The fraction of sp³-hybridized carbons (Fsp3) is 0.167. The molecule has 0 aromatic carbocycles. The quantitative estimate of drug-likeness (QED) is 0.806. The maximum atomic E-state index is 4.58. The number of halogens is 1. The third-order valence-electron chi connectivity index (χ3n) is 2.55. The molecule has 18 heavy (non-hydrogen) atoms. The second kappa shape index (κ2) is 4.79. The molecule has 6 heteroatoms. The van der Waals surface area contributed by atoms with Crippen LogP contribution in [0.5, 0.6) is 0 Å². The molecule has 3 aromatic heterocycles. The molecule has 92 valence electrons. The lowest BCUT2D eigenvalue weighted by atomic mass is 10.3. The predicted octanol–water partition coefficient (Wildman–Crippen LogP) is 2.94. The van der Waals surface area contributed by atoms with Gasteiger partial charge in [-0.1, -0.05) is 0 Å². The molecule has 1 N–H and O–H groups in total. The first-order chi connectivity index (χ1) is 8.76. The lowest BCUT2D eigenvalue weighted by Gasteiger charge is -1.97. The van der Waals surface area contributed by atoms with Gasteiger partial charge in [-0.25, -0.2) is 9.50 Å². The van der Waals surface area contributed by atoms with Crippen LogP contribution in [0.25, 0.3) is 16.2 Å². The molecule has 3 aromatic rings. The molecule has 0 spiro atoms. The fourth-order valence-electron chi connectivity index (χ4n) is 1.78. The molecule has 0 fully saturated rings. The summed E-state index contributed by atoms with van der Waals surface area (Å²) in [5.74, 6) is 0. The summed E-state index contributed by atoms with van der Waals surface area (Å²) in [5.41, 5.74) is 2.83. The van der Waals surface area contributed by atoms with E-state index in [1.165, 1.54) is 0 Å². The van der Waals surface area contributed by atoms with Gasteiger partial charge < -0.3 is 5.32 Å². The summed E-state index contributed by atoms with van der Waals surface area (Å²) in [6.07, 6.45) is 1.96. The molecule has 3 heterocycles. The van der Waals surface area contributed by atoms with Crippen LogP contribution in [-0.4, -0.2) is 21.6 Å². The largest absolute Gasteiger partial charge is 0.314 e. The SMILES string of the molecule is CNCc1cn2nc(-c3ccc(Br)s3)ccc2n1. The van der Waals surface area contributed by atoms with Gasteiger partial charge in [0, 0.05) is 6.54 Å². The van der Waals surface area contributed by atoms with Crippen molar-refractivity contribution in [2.75, 3.05) is 7.05 Å². The molecule has 0 aliphatic heterocycles. The summed E-state index contributed by atoms with van der Waals surface area (Å²) in [6.45, 7) is 0.753. The van der Waals surface area contributed by atoms with E-state index in [1.807, 2.05) is 36.0 Å². The van der Waals surface area contributed by atoms with Crippen LogP contribution < -0.4 is 5.32 Å². The molecule has 0 radical (unpaired) electrons. The fourth-order valence-corrected chi connectivity index (χ4v) is 3.13. The maximum absolute atomic E-state index is 4.58. The molecule has 0 saturated heterocycles. The van der Waals surface area contributed by atoms with Gasteiger partial charge in [0.1, 0.15) is 5.69 Å². The van der Waals surface area contributed by atoms with Crippen molar-refractivity contribution < 1.29 is 0 Å². The Morgan fingerprint density at radius 3 is 2.94 bits per heavy atom. The van der Waals surface area contributed by atoms with Crippen molar-refractivity contribution >= 4 is 32.9 Å². The lowest BCUT2D eigenvalue weighted by Crippen LogP contribution is -2.04. The van der Waals surface area contributed by atoms with E-state index >= 15 is 0 Å². The minimum Gasteiger partial charge on any atom is -0.314 e. The average molecular weight is 323 g/mol. The maximum Gasteiger partial charge on any atom is 0.153 e. The summed E-state index contributed by atoms with van der Waals surface area (Å²) < 4.78 is 2.94. The van der Waals surface area contributed by atoms with Crippen LogP contribution in [0.15, 0.2) is 34.2 Å². The van der Waals surface area contributed by atoms with Crippen molar-refractivity contribution in [2.45, 2.75) is 6.54 Å². The summed E-state index contributed by atoms with van der Waals surface area (Å²) in [7, 11) is 1.91. The van der Waals surface area contributed by atoms with Gasteiger partial charge in [0.05, 0.1) is 20.6 Å². The Labute approximate surface area is 117 Å². The van der Waals surface area contributed by atoms with Crippen LogP contribution >= 0.6 is 27.3 Å². The Balaban J connectivity index is 2.05. The van der Waals surface area contributed by atoms with Gasteiger partial charge in [0.15, 0.2) is 5.65 Å². The zero-order chi connectivity index (χ0) is 12.5. The highest BCUT2D eigenvalue weighted by Crippen LogP contribution is 2.29. The summed E-state index contributed by atoms with van der Waals surface area (Å²) in [4.78, 5) is 5.62. The monoisotopic (exact) mass is 322 g/mol. The van der Waals surface area contributed by atoms with Gasteiger partial charge in [0.2, 0.25) is 0 Å². The number of imidazole rings is 1. The normalized spacial score (nSPS) is 11.2. The highest BCUT2D eigenvalue weighted by Gasteiger charge is 2.06. The van der Waals surface area contributed by atoms with E-state index in [2.05, 4.69) is 37.4 Å². The van der Waals surface area contributed by atoms with E-state index in [1.54, 1.807) is 11.3 Å². The van der Waals surface area contributed by atoms with Crippen LogP contribution in [0, 0.1) is 0 Å². The molecule has 0 atom stereocenters. The van der Waals surface area contributed by atoms with Crippen LogP contribution in [0.2, 0.25) is 0 Å². The van der Waals surface area contributed by atoms with Gasteiger partial charge in [-0.15, -0.1) is 11.3 Å². The van der Waals surface area contributed by atoms with E-state index < -0.39 is 0 Å². The minimum atomic E-state index is 0.753. The van der Waals surface area contributed by atoms with Gasteiger partial charge >= 0.3 is 0 Å². The van der Waals surface area contributed by atoms with Gasteiger partial charge in [-0.2, -0.15) is 5.10 Å². The van der Waals surface area contributed by atoms with Crippen molar-refractivity contribution in [3.05, 3.63) is 39.9 Å². The number of nitrogens with one attached hydrogen (secondary N) is 1. The number of fused-ring (bicyclic) bond motifs is 1. The van der Waals surface area contributed by atoms with Crippen molar-refractivity contribution in [1.82, 2.24) is 19.9 Å². The number of hydrogen-bond donors (Lipinski definition) is 1. The smallest absolute Gasteiger partial charge is 0.153 e. The van der Waals surface area contributed by atoms with Gasteiger partial charge in [0.25, 0.3) is 0 Å². The van der Waals surface area contributed by atoms with Crippen LogP contribution in [0.4, 0.5) is 0 Å². The van der Waals surface area contributed by atoms with Crippen LogP contribution in [-0.2, 0) is 6.54 Å². The number of hydrogen-bond acceptors (Lipinski definition) is 4. The summed E-state index contributed by atoms with van der Waals surface area (Å²) >= 11 is 5.14. The first kappa shape index (κ1) is 11.8. The van der Waals surface area contributed by atoms with Crippen molar-refractivity contribution in [3.63, 3.8) is 0 Å². The van der Waals surface area contributed by atoms with Crippen LogP contribution in [0.1, 0.15) is 5.69 Å². The molecule has 0 aliphatic carbocycles. The third-order valence-corrected chi connectivity index (χ3v) is 4.20. The van der Waals surface area contributed by atoms with E-state index in [0.717, 1.165) is 32.2 Å². The molecule has 3 rings (SSSR count). The number of rotatable bonds is 3. The topological polar surface area (TPSA) is 42.2 Å². The van der Waals surface area contributed by atoms with Crippen LogP contribution in [0.3, 0.4) is 0 Å². The second-order valence-corrected chi connectivity index (χ2v) is 6.35. The van der Waals surface area contributed by atoms with Crippen molar-refractivity contribution in [3.8, 4) is 10.6 Å². The summed E-state index contributed by atoms with van der Waals surface area (Å²) in [5, 5.41) is 7.66. The number of aromatic nitrogens is 3. The molecular formula is C12H11BrN4S. The summed E-state index contributed by atoms with van der Waals surface area (Å²) in [6, 6.07) is 8.10. The first-order valence-corrected chi connectivity index (χ1v) is 7.13. The molecule has 0 bridgehead atoms. The molecule has 4 nitrogen and oxygen atoms in total. The highest BCUT2D eigenvalue weighted by molar-refractivity contribution is 9.11. The minimum absolute atomic E-state index is 0.753. The molecule has 0 aliphatic rings. The van der Waals surface area contributed by atoms with E-state index in [4.69, 9.17) is 0 Å². The van der Waals surface area contributed by atoms with Gasteiger partial charge in [-0.3, -0.25) is 0 Å². The van der Waals surface area contributed by atoms with Crippen molar-refractivity contribution in [1.29, 1.82) is 0 Å². The van der Waals surface area contributed by atoms with Crippen molar-refractivity contribution in [2.24, 2.45) is 0 Å². The Hall–Kier alpha value is -1.24. The zero-order valence-corrected chi connectivity index (χ0v) is 12.1. The van der Waals surface area contributed by atoms with Gasteiger partial charge in [-0.05, 0) is 47.2 Å². The molecule has 0 amide bonds. The Morgan fingerprint density at radius 2 is 2.22 bits per heavy atom. The third kappa shape index (κ3) is 2.19. The lowest BCUT2D eigenvalue weighted by molar-refractivity contribution is 0.796. The average Bonchev–Trinajstić information content (AvgIpc) is 2.94. The van der Waals surface area contributed by atoms with E-state index in [0.29, 0.717) is 0 Å².